The Morgan fingerprint density at radius 3 is 2.89 bits per heavy atom. The summed E-state index contributed by atoms with van der Waals surface area (Å²) in [6.45, 7) is 4.94. The highest BCUT2D eigenvalue weighted by Crippen LogP contribution is 2.34. The van der Waals surface area contributed by atoms with Crippen LogP contribution in [0, 0.1) is 11.7 Å². The third kappa shape index (κ3) is 2.90. The summed E-state index contributed by atoms with van der Waals surface area (Å²) in [7, 11) is 0. The Balaban J connectivity index is 2.32. The van der Waals surface area contributed by atoms with Gasteiger partial charge in [0.2, 0.25) is 0 Å². The van der Waals surface area contributed by atoms with E-state index in [2.05, 4.69) is 11.8 Å². The van der Waals surface area contributed by atoms with Crippen LogP contribution in [0.2, 0.25) is 0 Å². The van der Waals surface area contributed by atoms with Crippen molar-refractivity contribution in [2.75, 3.05) is 19.6 Å². The van der Waals surface area contributed by atoms with E-state index in [-0.39, 0.29) is 11.9 Å². The van der Waals surface area contributed by atoms with Gasteiger partial charge in [-0.1, -0.05) is 25.5 Å². The van der Waals surface area contributed by atoms with Crippen LogP contribution < -0.4 is 5.73 Å². The van der Waals surface area contributed by atoms with E-state index in [1.165, 1.54) is 18.9 Å². The van der Waals surface area contributed by atoms with Gasteiger partial charge in [-0.05, 0) is 56.1 Å². The molecule has 2 unspecified atom stereocenters. The molecular weight excluding hydrogens is 227 g/mol. The van der Waals surface area contributed by atoms with Crippen LogP contribution in [0.4, 0.5) is 4.39 Å². The molecule has 100 valence electrons. The summed E-state index contributed by atoms with van der Waals surface area (Å²) in [5.41, 5.74) is 7.01. The largest absolute Gasteiger partial charge is 0.330 e. The van der Waals surface area contributed by atoms with Gasteiger partial charge in [0.05, 0.1) is 0 Å². The van der Waals surface area contributed by atoms with Gasteiger partial charge in [0.25, 0.3) is 0 Å². The van der Waals surface area contributed by atoms with Crippen molar-refractivity contribution in [3.63, 3.8) is 0 Å². The molecule has 2 rings (SSSR count). The molecule has 2 atom stereocenters. The number of rotatable bonds is 3. The second-order valence-electron chi connectivity index (χ2n) is 5.12. The van der Waals surface area contributed by atoms with Crippen LogP contribution in [0.25, 0.3) is 0 Å². The third-order valence-corrected chi connectivity index (χ3v) is 4.01. The first-order chi connectivity index (χ1) is 8.76. The number of benzene rings is 1. The third-order valence-electron chi connectivity index (χ3n) is 4.01. The van der Waals surface area contributed by atoms with Crippen LogP contribution in [0.15, 0.2) is 24.3 Å². The van der Waals surface area contributed by atoms with E-state index in [0.717, 1.165) is 25.1 Å². The summed E-state index contributed by atoms with van der Waals surface area (Å²) < 4.78 is 13.4. The minimum Gasteiger partial charge on any atom is -0.330 e. The van der Waals surface area contributed by atoms with Crippen molar-refractivity contribution in [3.8, 4) is 0 Å². The summed E-state index contributed by atoms with van der Waals surface area (Å²) >= 11 is 0. The molecule has 1 aromatic rings. The van der Waals surface area contributed by atoms with Gasteiger partial charge in [-0.25, -0.2) is 4.39 Å². The highest BCUT2D eigenvalue weighted by molar-refractivity contribution is 5.21. The molecule has 1 heterocycles. The monoisotopic (exact) mass is 250 g/mol. The molecule has 0 bridgehead atoms. The zero-order valence-electron chi connectivity index (χ0n) is 11.1. The Labute approximate surface area is 109 Å². The average molecular weight is 250 g/mol. The lowest BCUT2D eigenvalue weighted by Gasteiger charge is -2.34. The van der Waals surface area contributed by atoms with Crippen molar-refractivity contribution in [3.05, 3.63) is 35.6 Å². The van der Waals surface area contributed by atoms with E-state index in [0.29, 0.717) is 12.5 Å². The molecule has 1 aromatic carbocycles. The fourth-order valence-electron chi connectivity index (χ4n) is 3.09. The van der Waals surface area contributed by atoms with Crippen LogP contribution >= 0.6 is 0 Å². The van der Waals surface area contributed by atoms with Crippen molar-refractivity contribution >= 4 is 0 Å². The average Bonchev–Trinajstić information content (AvgIpc) is 2.60. The number of nitrogens with two attached hydrogens (primary N) is 1. The number of likely N-dealkylation sites (tertiary alicyclic amines) is 1. The number of nitrogens with zero attached hydrogens (tertiary/aromatic N) is 1. The number of halogens is 1. The summed E-state index contributed by atoms with van der Waals surface area (Å²) in [5, 5.41) is 0. The van der Waals surface area contributed by atoms with Crippen molar-refractivity contribution in [1.29, 1.82) is 0 Å². The van der Waals surface area contributed by atoms with Crippen molar-refractivity contribution in [1.82, 2.24) is 4.90 Å². The SMILES string of the molecule is CCN1CCCCC(CN)C1c1cccc(F)c1. The van der Waals surface area contributed by atoms with Gasteiger partial charge in [-0.3, -0.25) is 4.90 Å². The number of hydrogen-bond acceptors (Lipinski definition) is 2. The fourth-order valence-corrected chi connectivity index (χ4v) is 3.09. The Morgan fingerprint density at radius 2 is 2.22 bits per heavy atom. The summed E-state index contributed by atoms with van der Waals surface area (Å²) in [5.74, 6) is 0.290. The molecule has 0 saturated carbocycles. The molecule has 0 radical (unpaired) electrons. The van der Waals surface area contributed by atoms with Gasteiger partial charge < -0.3 is 5.73 Å². The zero-order chi connectivity index (χ0) is 13.0. The van der Waals surface area contributed by atoms with Crippen molar-refractivity contribution in [2.45, 2.75) is 32.2 Å². The summed E-state index contributed by atoms with van der Waals surface area (Å²) in [4.78, 5) is 2.44. The molecule has 1 aliphatic heterocycles. The fraction of sp³-hybridized carbons (Fsp3) is 0.600. The Morgan fingerprint density at radius 1 is 1.39 bits per heavy atom. The van der Waals surface area contributed by atoms with E-state index in [1.54, 1.807) is 12.1 Å². The quantitative estimate of drug-likeness (QED) is 0.893. The van der Waals surface area contributed by atoms with Gasteiger partial charge >= 0.3 is 0 Å². The maximum Gasteiger partial charge on any atom is 0.123 e. The molecule has 0 aliphatic carbocycles. The zero-order valence-corrected chi connectivity index (χ0v) is 11.1. The lowest BCUT2D eigenvalue weighted by Crippen LogP contribution is -2.35. The van der Waals surface area contributed by atoms with Gasteiger partial charge in [0.15, 0.2) is 0 Å². The van der Waals surface area contributed by atoms with Crippen LogP contribution in [0.1, 0.15) is 37.8 Å². The molecule has 1 aliphatic rings. The molecule has 2 N–H and O–H groups in total. The molecule has 2 nitrogen and oxygen atoms in total. The Kier molecular flexibility index (Phi) is 4.72. The Bertz CT molecular complexity index is 367. The molecule has 0 amide bonds. The predicted molar refractivity (Wildman–Crippen MR) is 72.8 cm³/mol. The van der Waals surface area contributed by atoms with E-state index >= 15 is 0 Å². The van der Waals surface area contributed by atoms with Gasteiger partial charge in [-0.15, -0.1) is 0 Å². The molecule has 0 spiro atoms. The van der Waals surface area contributed by atoms with Crippen LogP contribution in [-0.2, 0) is 0 Å². The minimum atomic E-state index is -0.149. The molecule has 3 heteroatoms. The van der Waals surface area contributed by atoms with Crippen LogP contribution in [-0.4, -0.2) is 24.5 Å². The second-order valence-corrected chi connectivity index (χ2v) is 5.12. The summed E-state index contributed by atoms with van der Waals surface area (Å²) in [6, 6.07) is 7.29. The topological polar surface area (TPSA) is 29.3 Å². The van der Waals surface area contributed by atoms with Crippen molar-refractivity contribution < 1.29 is 4.39 Å². The number of hydrogen-bond donors (Lipinski definition) is 1. The smallest absolute Gasteiger partial charge is 0.123 e. The van der Waals surface area contributed by atoms with E-state index < -0.39 is 0 Å². The highest BCUT2D eigenvalue weighted by atomic mass is 19.1. The van der Waals surface area contributed by atoms with Crippen LogP contribution in [0.5, 0.6) is 0 Å². The lowest BCUT2D eigenvalue weighted by atomic mass is 9.89. The second kappa shape index (κ2) is 6.30. The van der Waals surface area contributed by atoms with E-state index in [4.69, 9.17) is 5.73 Å². The van der Waals surface area contributed by atoms with Gasteiger partial charge in [-0.2, -0.15) is 0 Å². The van der Waals surface area contributed by atoms with E-state index in [1.807, 2.05) is 6.07 Å². The van der Waals surface area contributed by atoms with Gasteiger partial charge in [0, 0.05) is 6.04 Å². The molecule has 1 saturated heterocycles. The minimum absolute atomic E-state index is 0.149. The standard InChI is InChI=1S/C15H23FN2/c1-2-18-9-4-3-6-13(11-17)15(18)12-7-5-8-14(16)10-12/h5,7-8,10,13,15H,2-4,6,9,11,17H2,1H3. The Hall–Kier alpha value is -0.930. The summed E-state index contributed by atoms with van der Waals surface area (Å²) in [6.07, 6.45) is 3.59. The highest BCUT2D eigenvalue weighted by Gasteiger charge is 2.29. The molecular formula is C15H23FN2. The first-order valence-corrected chi connectivity index (χ1v) is 6.95. The van der Waals surface area contributed by atoms with Crippen molar-refractivity contribution in [2.24, 2.45) is 11.7 Å². The maximum absolute atomic E-state index is 13.4. The molecule has 0 aromatic heterocycles. The first kappa shape index (κ1) is 13.5. The van der Waals surface area contributed by atoms with Gasteiger partial charge in [0.1, 0.15) is 5.82 Å². The molecule has 18 heavy (non-hydrogen) atoms. The van der Waals surface area contributed by atoms with Crippen LogP contribution in [0.3, 0.4) is 0 Å². The predicted octanol–water partition coefficient (Wildman–Crippen LogP) is 2.95. The maximum atomic E-state index is 13.4. The first-order valence-electron chi connectivity index (χ1n) is 6.95. The molecule has 1 fully saturated rings. The van der Waals surface area contributed by atoms with E-state index in [9.17, 15) is 4.39 Å². The lowest BCUT2D eigenvalue weighted by molar-refractivity contribution is 0.166. The normalized spacial score (nSPS) is 25.9.